The molecule has 1 heterocycles. The number of aliphatic hydroxyl groups is 1. The van der Waals surface area contributed by atoms with Crippen LogP contribution in [0.3, 0.4) is 0 Å². The summed E-state index contributed by atoms with van der Waals surface area (Å²) in [5, 5.41) is 10.7. The fourth-order valence-corrected chi connectivity index (χ4v) is 1.65. The minimum atomic E-state index is -0.535. The topological polar surface area (TPSA) is 33.1 Å². The van der Waals surface area contributed by atoms with Crippen molar-refractivity contribution in [2.45, 2.75) is 12.5 Å². The average Bonchev–Trinajstić information content (AvgIpc) is 2.31. The van der Waals surface area contributed by atoms with Crippen LogP contribution >= 0.6 is 11.6 Å². The van der Waals surface area contributed by atoms with Crippen molar-refractivity contribution >= 4 is 11.6 Å². The molecule has 82 valence electrons. The number of hydrogen-bond acceptors (Lipinski definition) is 2. The van der Waals surface area contributed by atoms with Crippen LogP contribution in [0.5, 0.6) is 0 Å². The quantitative estimate of drug-likeness (QED) is 0.884. The van der Waals surface area contributed by atoms with Gasteiger partial charge in [0.05, 0.1) is 6.10 Å². The molecule has 0 fully saturated rings. The van der Waals surface area contributed by atoms with Crippen molar-refractivity contribution in [3.05, 3.63) is 64.9 Å². The largest absolute Gasteiger partial charge is 0.388 e. The third-order valence-corrected chi connectivity index (χ3v) is 2.64. The van der Waals surface area contributed by atoms with Gasteiger partial charge in [-0.3, -0.25) is 4.98 Å². The summed E-state index contributed by atoms with van der Waals surface area (Å²) in [6, 6.07) is 12.9. The minimum Gasteiger partial charge on any atom is -0.388 e. The van der Waals surface area contributed by atoms with E-state index in [0.717, 1.165) is 11.3 Å². The minimum absolute atomic E-state index is 0.516. The number of rotatable bonds is 3. The van der Waals surface area contributed by atoms with E-state index in [0.29, 0.717) is 11.4 Å². The first kappa shape index (κ1) is 11.1. The molecule has 0 amide bonds. The summed E-state index contributed by atoms with van der Waals surface area (Å²) in [6.45, 7) is 0. The lowest BCUT2D eigenvalue weighted by atomic mass is 10.0. The fourth-order valence-electron chi connectivity index (χ4n) is 1.52. The second-order valence-electron chi connectivity index (χ2n) is 3.59. The molecule has 0 aliphatic rings. The molecule has 1 atom stereocenters. The molecular weight excluding hydrogens is 222 g/mol. The Morgan fingerprint density at radius 1 is 1.12 bits per heavy atom. The van der Waals surface area contributed by atoms with Gasteiger partial charge in [-0.1, -0.05) is 29.8 Å². The highest BCUT2D eigenvalue weighted by molar-refractivity contribution is 6.30. The van der Waals surface area contributed by atoms with Gasteiger partial charge in [-0.2, -0.15) is 0 Å². The second-order valence-corrected chi connectivity index (χ2v) is 4.03. The lowest BCUT2D eigenvalue weighted by Crippen LogP contribution is -2.02. The molecule has 0 aliphatic carbocycles. The van der Waals surface area contributed by atoms with Crippen molar-refractivity contribution in [3.8, 4) is 0 Å². The predicted molar refractivity (Wildman–Crippen MR) is 64.4 cm³/mol. The molecule has 1 unspecified atom stereocenters. The molecule has 0 aliphatic heterocycles. The van der Waals surface area contributed by atoms with Gasteiger partial charge in [-0.15, -0.1) is 0 Å². The monoisotopic (exact) mass is 233 g/mol. The third-order valence-electron chi connectivity index (χ3n) is 2.38. The number of nitrogens with zero attached hydrogens (tertiary/aromatic N) is 1. The molecule has 1 N–H and O–H groups in total. The number of halogens is 1. The lowest BCUT2D eigenvalue weighted by Gasteiger charge is -2.10. The molecule has 2 aromatic rings. The van der Waals surface area contributed by atoms with Crippen LogP contribution in [-0.2, 0) is 6.42 Å². The Labute approximate surface area is 99.5 Å². The van der Waals surface area contributed by atoms with Gasteiger partial charge in [-0.25, -0.2) is 0 Å². The number of aromatic nitrogens is 1. The van der Waals surface area contributed by atoms with Gasteiger partial charge in [0.1, 0.15) is 0 Å². The summed E-state index contributed by atoms with van der Waals surface area (Å²) >= 11 is 5.78. The van der Waals surface area contributed by atoms with Crippen LogP contribution in [0.4, 0.5) is 0 Å². The Kier molecular flexibility index (Phi) is 3.54. The molecule has 0 saturated heterocycles. The van der Waals surface area contributed by atoms with Gasteiger partial charge in [-0.05, 0) is 29.8 Å². The molecule has 1 aromatic carbocycles. The van der Waals surface area contributed by atoms with Crippen molar-refractivity contribution in [2.75, 3.05) is 0 Å². The van der Waals surface area contributed by atoms with Gasteiger partial charge < -0.3 is 5.11 Å². The van der Waals surface area contributed by atoms with Gasteiger partial charge in [0.25, 0.3) is 0 Å². The molecule has 0 radical (unpaired) electrons. The van der Waals surface area contributed by atoms with Gasteiger partial charge in [0.2, 0.25) is 0 Å². The Morgan fingerprint density at radius 2 is 1.88 bits per heavy atom. The van der Waals surface area contributed by atoms with Crippen molar-refractivity contribution < 1.29 is 5.11 Å². The van der Waals surface area contributed by atoms with Crippen LogP contribution in [0.15, 0.2) is 48.7 Å². The maximum atomic E-state index is 9.98. The zero-order valence-electron chi connectivity index (χ0n) is 8.68. The van der Waals surface area contributed by atoms with Gasteiger partial charge in [0, 0.05) is 23.3 Å². The molecule has 0 spiro atoms. The van der Waals surface area contributed by atoms with Crippen LogP contribution < -0.4 is 0 Å². The zero-order valence-corrected chi connectivity index (χ0v) is 9.43. The summed E-state index contributed by atoms with van der Waals surface area (Å²) in [7, 11) is 0. The number of benzene rings is 1. The Morgan fingerprint density at radius 3 is 2.50 bits per heavy atom. The number of hydrogen-bond donors (Lipinski definition) is 1. The van der Waals surface area contributed by atoms with E-state index in [2.05, 4.69) is 4.98 Å². The predicted octanol–water partition coefficient (Wildman–Crippen LogP) is 3.01. The first-order valence-electron chi connectivity index (χ1n) is 5.09. The van der Waals surface area contributed by atoms with Gasteiger partial charge in [0.15, 0.2) is 0 Å². The van der Waals surface area contributed by atoms with Crippen molar-refractivity contribution in [1.82, 2.24) is 4.98 Å². The van der Waals surface area contributed by atoms with Crippen LogP contribution in [-0.4, -0.2) is 10.1 Å². The van der Waals surface area contributed by atoms with E-state index in [4.69, 9.17) is 11.6 Å². The smallest absolute Gasteiger partial charge is 0.0845 e. The fraction of sp³-hybridized carbons (Fsp3) is 0.154. The van der Waals surface area contributed by atoms with E-state index in [9.17, 15) is 5.11 Å². The maximum absolute atomic E-state index is 9.98. The van der Waals surface area contributed by atoms with Crippen LogP contribution in [0.1, 0.15) is 17.4 Å². The first-order valence-corrected chi connectivity index (χ1v) is 5.47. The van der Waals surface area contributed by atoms with E-state index in [1.165, 1.54) is 0 Å². The molecule has 16 heavy (non-hydrogen) atoms. The van der Waals surface area contributed by atoms with E-state index in [1.807, 2.05) is 30.3 Å². The highest BCUT2D eigenvalue weighted by atomic mass is 35.5. The summed E-state index contributed by atoms with van der Waals surface area (Å²) in [5.41, 5.74) is 1.74. The summed E-state index contributed by atoms with van der Waals surface area (Å²) in [6.07, 6.45) is 1.71. The molecule has 2 rings (SSSR count). The van der Waals surface area contributed by atoms with Crippen LogP contribution in [0, 0.1) is 0 Å². The molecule has 0 saturated carbocycles. The molecule has 2 nitrogen and oxygen atoms in total. The molecule has 0 bridgehead atoms. The summed E-state index contributed by atoms with van der Waals surface area (Å²) in [5.74, 6) is 0. The SMILES string of the molecule is OC(Cc1ccccn1)c1ccc(Cl)cc1. The Balaban J connectivity index is 2.09. The number of pyridine rings is 1. The summed E-state index contributed by atoms with van der Waals surface area (Å²) < 4.78 is 0. The van der Waals surface area contributed by atoms with Crippen LogP contribution in [0.2, 0.25) is 5.02 Å². The van der Waals surface area contributed by atoms with Crippen LogP contribution in [0.25, 0.3) is 0 Å². The molecular formula is C13H12ClNO. The molecule has 3 heteroatoms. The lowest BCUT2D eigenvalue weighted by molar-refractivity contribution is 0.177. The number of aliphatic hydroxyl groups excluding tert-OH is 1. The maximum Gasteiger partial charge on any atom is 0.0845 e. The molecule has 1 aromatic heterocycles. The van der Waals surface area contributed by atoms with E-state index in [1.54, 1.807) is 18.3 Å². The van der Waals surface area contributed by atoms with E-state index < -0.39 is 6.10 Å². The highest BCUT2D eigenvalue weighted by Crippen LogP contribution is 2.19. The standard InChI is InChI=1S/C13H12ClNO/c14-11-6-4-10(5-7-11)13(16)9-12-3-1-2-8-15-12/h1-8,13,16H,9H2. The average molecular weight is 234 g/mol. The van der Waals surface area contributed by atoms with Crippen molar-refractivity contribution in [3.63, 3.8) is 0 Å². The first-order chi connectivity index (χ1) is 7.75. The zero-order chi connectivity index (χ0) is 11.4. The highest BCUT2D eigenvalue weighted by Gasteiger charge is 2.08. The van der Waals surface area contributed by atoms with Crippen molar-refractivity contribution in [1.29, 1.82) is 0 Å². The normalized spacial score (nSPS) is 12.4. The van der Waals surface area contributed by atoms with E-state index >= 15 is 0 Å². The van der Waals surface area contributed by atoms with Crippen molar-refractivity contribution in [2.24, 2.45) is 0 Å². The van der Waals surface area contributed by atoms with E-state index in [-0.39, 0.29) is 0 Å². The Hall–Kier alpha value is -1.38. The summed E-state index contributed by atoms with van der Waals surface area (Å²) in [4.78, 5) is 4.18. The Bertz CT molecular complexity index is 441. The second kappa shape index (κ2) is 5.10. The van der Waals surface area contributed by atoms with Gasteiger partial charge >= 0.3 is 0 Å². The third kappa shape index (κ3) is 2.81.